The Morgan fingerprint density at radius 1 is 1.32 bits per heavy atom. The molecule has 0 aliphatic heterocycles. The van der Waals surface area contributed by atoms with Crippen molar-refractivity contribution in [3.05, 3.63) is 34.9 Å². The smallest absolute Gasteiger partial charge is 0.315 e. The van der Waals surface area contributed by atoms with Gasteiger partial charge in [0, 0.05) is 12.6 Å². The van der Waals surface area contributed by atoms with E-state index in [1.807, 2.05) is 0 Å². The summed E-state index contributed by atoms with van der Waals surface area (Å²) in [7, 11) is 0. The first-order valence-electron chi connectivity index (χ1n) is 6.84. The van der Waals surface area contributed by atoms with E-state index in [2.05, 4.69) is 42.7 Å². The molecule has 3 N–H and O–H groups in total. The van der Waals surface area contributed by atoms with Gasteiger partial charge in [0.15, 0.2) is 0 Å². The first-order valence-corrected chi connectivity index (χ1v) is 6.84. The topological polar surface area (TPSA) is 61.4 Å². The second kappa shape index (κ2) is 6.06. The van der Waals surface area contributed by atoms with E-state index in [1.54, 1.807) is 0 Å². The molecule has 104 valence electrons. The van der Waals surface area contributed by atoms with E-state index >= 15 is 0 Å². The van der Waals surface area contributed by atoms with Gasteiger partial charge in [0.05, 0.1) is 6.10 Å². The summed E-state index contributed by atoms with van der Waals surface area (Å²) in [6, 6.07) is 6.24. The molecule has 0 spiro atoms. The van der Waals surface area contributed by atoms with Crippen LogP contribution in [0.15, 0.2) is 18.2 Å². The second-order valence-electron chi connectivity index (χ2n) is 5.34. The van der Waals surface area contributed by atoms with E-state index in [4.69, 9.17) is 5.11 Å². The number of urea groups is 1. The van der Waals surface area contributed by atoms with Crippen LogP contribution in [-0.4, -0.2) is 29.8 Å². The van der Waals surface area contributed by atoms with E-state index < -0.39 is 0 Å². The molecule has 1 aromatic carbocycles. The predicted octanol–water partition coefficient (Wildman–Crippen LogP) is 1.67. The Balaban J connectivity index is 1.72. The van der Waals surface area contributed by atoms with Gasteiger partial charge in [-0.15, -0.1) is 0 Å². The minimum atomic E-state index is -0.236. The number of rotatable bonds is 4. The van der Waals surface area contributed by atoms with Crippen LogP contribution in [0.3, 0.4) is 0 Å². The van der Waals surface area contributed by atoms with Crippen molar-refractivity contribution in [2.45, 2.75) is 45.3 Å². The van der Waals surface area contributed by atoms with Crippen molar-refractivity contribution >= 4 is 6.03 Å². The summed E-state index contributed by atoms with van der Waals surface area (Å²) in [5.74, 6) is 0. The highest BCUT2D eigenvalue weighted by molar-refractivity contribution is 5.74. The summed E-state index contributed by atoms with van der Waals surface area (Å²) in [6.45, 7) is 4.82. The van der Waals surface area contributed by atoms with Gasteiger partial charge >= 0.3 is 6.03 Å². The number of benzene rings is 1. The first-order chi connectivity index (χ1) is 9.06. The highest BCUT2D eigenvalue weighted by Crippen LogP contribution is 2.19. The van der Waals surface area contributed by atoms with Crippen LogP contribution in [0.5, 0.6) is 0 Å². The Morgan fingerprint density at radius 2 is 1.95 bits per heavy atom. The molecule has 1 saturated carbocycles. The van der Waals surface area contributed by atoms with Crippen molar-refractivity contribution in [1.29, 1.82) is 0 Å². The normalized spacial score (nSPS) is 21.6. The van der Waals surface area contributed by atoms with Crippen molar-refractivity contribution in [3.8, 4) is 0 Å². The molecule has 1 fully saturated rings. The molecule has 0 radical (unpaired) electrons. The highest BCUT2D eigenvalue weighted by Gasteiger charge is 2.28. The van der Waals surface area contributed by atoms with Crippen LogP contribution >= 0.6 is 0 Å². The number of aliphatic hydroxyl groups excluding tert-OH is 1. The lowest BCUT2D eigenvalue weighted by molar-refractivity contribution is 0.0663. The van der Waals surface area contributed by atoms with Crippen LogP contribution in [0.4, 0.5) is 4.79 Å². The third-order valence-corrected chi connectivity index (χ3v) is 3.75. The number of amides is 2. The molecular weight excluding hydrogens is 240 g/mol. The van der Waals surface area contributed by atoms with Crippen molar-refractivity contribution in [2.75, 3.05) is 6.54 Å². The summed E-state index contributed by atoms with van der Waals surface area (Å²) >= 11 is 0. The average Bonchev–Trinajstić information content (AvgIpc) is 2.31. The highest BCUT2D eigenvalue weighted by atomic mass is 16.3. The summed E-state index contributed by atoms with van der Waals surface area (Å²) in [6.07, 6.45) is 1.95. The fourth-order valence-electron chi connectivity index (χ4n) is 2.49. The third kappa shape index (κ3) is 3.70. The third-order valence-electron chi connectivity index (χ3n) is 3.75. The van der Waals surface area contributed by atoms with E-state index in [-0.39, 0.29) is 18.2 Å². The summed E-state index contributed by atoms with van der Waals surface area (Å²) in [4.78, 5) is 11.6. The number of nitrogens with one attached hydrogen (secondary N) is 2. The second-order valence-corrected chi connectivity index (χ2v) is 5.34. The number of aliphatic hydroxyl groups is 1. The zero-order chi connectivity index (χ0) is 13.8. The molecular formula is C15H22N2O2. The Kier molecular flexibility index (Phi) is 4.43. The molecule has 0 atom stereocenters. The van der Waals surface area contributed by atoms with Crippen molar-refractivity contribution < 1.29 is 9.90 Å². The van der Waals surface area contributed by atoms with Gasteiger partial charge in [-0.25, -0.2) is 4.79 Å². The van der Waals surface area contributed by atoms with Crippen LogP contribution in [0.1, 0.15) is 29.5 Å². The van der Waals surface area contributed by atoms with Gasteiger partial charge in [0.25, 0.3) is 0 Å². The molecule has 4 heteroatoms. The van der Waals surface area contributed by atoms with Gasteiger partial charge < -0.3 is 15.7 Å². The fraction of sp³-hybridized carbons (Fsp3) is 0.533. The van der Waals surface area contributed by atoms with Gasteiger partial charge in [-0.1, -0.05) is 18.2 Å². The Morgan fingerprint density at radius 3 is 2.53 bits per heavy atom. The molecule has 1 aliphatic rings. The summed E-state index contributed by atoms with van der Waals surface area (Å²) < 4.78 is 0. The minimum absolute atomic E-state index is 0.134. The van der Waals surface area contributed by atoms with Gasteiger partial charge in [-0.2, -0.15) is 0 Å². The number of hydrogen-bond acceptors (Lipinski definition) is 2. The van der Waals surface area contributed by atoms with Crippen molar-refractivity contribution in [3.63, 3.8) is 0 Å². The molecule has 0 saturated heterocycles. The van der Waals surface area contributed by atoms with E-state index in [0.717, 1.165) is 6.42 Å². The molecule has 1 aliphatic carbocycles. The fourth-order valence-corrected chi connectivity index (χ4v) is 2.49. The molecule has 0 heterocycles. The van der Waals surface area contributed by atoms with Crippen LogP contribution in [0.25, 0.3) is 0 Å². The maximum Gasteiger partial charge on any atom is 0.315 e. The molecule has 0 aromatic heterocycles. The van der Waals surface area contributed by atoms with Crippen molar-refractivity contribution in [1.82, 2.24) is 10.6 Å². The first kappa shape index (κ1) is 13.9. The van der Waals surface area contributed by atoms with E-state index in [0.29, 0.717) is 19.4 Å². The van der Waals surface area contributed by atoms with Gasteiger partial charge in [-0.05, 0) is 49.8 Å². The standard InChI is InChI=1S/C15H22N2O2/c1-10-4-3-5-11(2)14(10)6-7-16-15(19)17-12-8-13(18)9-12/h3-5,12-13,18H,6-9H2,1-2H3,(H2,16,17,19). The molecule has 19 heavy (non-hydrogen) atoms. The molecule has 1 aromatic rings. The Hall–Kier alpha value is -1.55. The summed E-state index contributed by atoms with van der Waals surface area (Å²) in [5, 5.41) is 14.9. The Labute approximate surface area is 114 Å². The van der Waals surface area contributed by atoms with E-state index in [1.165, 1.54) is 16.7 Å². The van der Waals surface area contributed by atoms with Gasteiger partial charge in [-0.3, -0.25) is 0 Å². The average molecular weight is 262 g/mol. The number of carbonyl (C=O) groups is 1. The molecule has 0 bridgehead atoms. The Bertz CT molecular complexity index is 433. The quantitative estimate of drug-likeness (QED) is 0.773. The maximum absolute atomic E-state index is 11.6. The summed E-state index contributed by atoms with van der Waals surface area (Å²) in [5.41, 5.74) is 3.84. The zero-order valence-corrected chi connectivity index (χ0v) is 11.6. The lowest BCUT2D eigenvalue weighted by Gasteiger charge is -2.31. The SMILES string of the molecule is Cc1cccc(C)c1CCNC(=O)NC1CC(O)C1. The van der Waals surface area contributed by atoms with Crippen LogP contribution < -0.4 is 10.6 Å². The monoisotopic (exact) mass is 262 g/mol. The van der Waals surface area contributed by atoms with Crippen LogP contribution in [0.2, 0.25) is 0 Å². The zero-order valence-electron chi connectivity index (χ0n) is 11.6. The lowest BCUT2D eigenvalue weighted by Crippen LogP contribution is -2.50. The number of aryl methyl sites for hydroxylation is 2. The van der Waals surface area contributed by atoms with E-state index in [9.17, 15) is 4.79 Å². The molecule has 2 rings (SSSR count). The van der Waals surface area contributed by atoms with Crippen LogP contribution in [-0.2, 0) is 6.42 Å². The van der Waals surface area contributed by atoms with Gasteiger partial charge in [0.2, 0.25) is 0 Å². The number of hydrogen-bond donors (Lipinski definition) is 3. The molecule has 2 amide bonds. The number of carbonyl (C=O) groups excluding carboxylic acids is 1. The van der Waals surface area contributed by atoms with Gasteiger partial charge in [0.1, 0.15) is 0 Å². The van der Waals surface area contributed by atoms with Crippen LogP contribution in [0, 0.1) is 13.8 Å². The largest absolute Gasteiger partial charge is 0.393 e. The van der Waals surface area contributed by atoms with Crippen molar-refractivity contribution in [2.24, 2.45) is 0 Å². The minimum Gasteiger partial charge on any atom is -0.393 e. The molecule has 0 unspecified atom stereocenters. The predicted molar refractivity (Wildman–Crippen MR) is 75.2 cm³/mol. The lowest BCUT2D eigenvalue weighted by atomic mass is 9.90. The molecule has 4 nitrogen and oxygen atoms in total. The maximum atomic E-state index is 11.6.